The number of benzene rings is 2. The minimum atomic E-state index is -0.573. The normalized spacial score (nSPS) is 13.2. The van der Waals surface area contributed by atoms with Crippen LogP contribution in [0, 0.1) is 6.92 Å². The van der Waals surface area contributed by atoms with E-state index in [1.807, 2.05) is 62.4 Å². The van der Waals surface area contributed by atoms with Crippen LogP contribution < -0.4 is 14.8 Å². The average molecular weight is 355 g/mol. The Labute approximate surface area is 156 Å². The summed E-state index contributed by atoms with van der Waals surface area (Å²) in [6.07, 6.45) is -0.573. The average Bonchev–Trinajstić information content (AvgIpc) is 2.61. The Morgan fingerprint density at radius 1 is 0.962 bits per heavy atom. The third-order valence-electron chi connectivity index (χ3n) is 4.19. The Hall–Kier alpha value is -2.49. The van der Waals surface area contributed by atoms with Crippen molar-refractivity contribution in [3.8, 4) is 11.5 Å². The molecule has 1 amide bonds. The van der Waals surface area contributed by atoms with Crippen molar-refractivity contribution in [2.75, 3.05) is 6.61 Å². The van der Waals surface area contributed by atoms with Gasteiger partial charge in [-0.1, -0.05) is 50.2 Å². The molecule has 2 rings (SSSR count). The maximum atomic E-state index is 12.4. The van der Waals surface area contributed by atoms with Gasteiger partial charge in [-0.2, -0.15) is 0 Å². The quantitative estimate of drug-likeness (QED) is 0.760. The van der Waals surface area contributed by atoms with E-state index in [9.17, 15) is 4.79 Å². The van der Waals surface area contributed by atoms with Gasteiger partial charge in [0.05, 0.1) is 6.04 Å². The van der Waals surface area contributed by atoms with Crippen molar-refractivity contribution >= 4 is 5.91 Å². The predicted octanol–water partition coefficient (Wildman–Crippen LogP) is 4.47. The van der Waals surface area contributed by atoms with Gasteiger partial charge in [-0.05, 0) is 49.9 Å². The van der Waals surface area contributed by atoms with Crippen molar-refractivity contribution in [1.82, 2.24) is 5.32 Å². The standard InChI is InChI=1S/C22H29NO3/c1-15(2)19-11-7-9-13-21(19)26-18(5)22(24)23-17(4)14-25-20-12-8-6-10-16(20)3/h6-13,15,17-18H,14H2,1-5H3,(H,23,24)/t17-,18+/m1/s1. The van der Waals surface area contributed by atoms with Gasteiger partial charge in [0.15, 0.2) is 6.10 Å². The van der Waals surface area contributed by atoms with Crippen LogP contribution in [0.4, 0.5) is 0 Å². The van der Waals surface area contributed by atoms with E-state index in [0.717, 1.165) is 22.6 Å². The molecule has 4 nitrogen and oxygen atoms in total. The van der Waals surface area contributed by atoms with Crippen LogP contribution >= 0.6 is 0 Å². The lowest BCUT2D eigenvalue weighted by molar-refractivity contribution is -0.128. The molecule has 0 heterocycles. The molecule has 2 aromatic rings. The van der Waals surface area contributed by atoms with Gasteiger partial charge in [-0.15, -0.1) is 0 Å². The molecule has 0 aromatic heterocycles. The molecule has 0 unspecified atom stereocenters. The van der Waals surface area contributed by atoms with E-state index in [1.54, 1.807) is 6.92 Å². The first-order chi connectivity index (χ1) is 12.4. The third-order valence-corrected chi connectivity index (χ3v) is 4.19. The second kappa shape index (κ2) is 9.27. The molecule has 1 N–H and O–H groups in total. The van der Waals surface area contributed by atoms with Crippen molar-refractivity contribution in [2.45, 2.75) is 52.7 Å². The summed E-state index contributed by atoms with van der Waals surface area (Å²) >= 11 is 0. The summed E-state index contributed by atoms with van der Waals surface area (Å²) in [6, 6.07) is 15.6. The number of aryl methyl sites for hydroxylation is 1. The molecule has 26 heavy (non-hydrogen) atoms. The van der Waals surface area contributed by atoms with Crippen molar-refractivity contribution in [2.24, 2.45) is 0 Å². The zero-order valence-electron chi connectivity index (χ0n) is 16.3. The van der Waals surface area contributed by atoms with Crippen LogP contribution in [0.15, 0.2) is 48.5 Å². The minimum Gasteiger partial charge on any atom is -0.491 e. The second-order valence-electron chi connectivity index (χ2n) is 6.94. The summed E-state index contributed by atoms with van der Waals surface area (Å²) in [4.78, 5) is 12.4. The number of rotatable bonds is 8. The first-order valence-electron chi connectivity index (χ1n) is 9.13. The number of hydrogen-bond donors (Lipinski definition) is 1. The molecule has 2 atom stereocenters. The SMILES string of the molecule is Cc1ccccc1OC[C@@H](C)NC(=O)[C@H](C)Oc1ccccc1C(C)C. The van der Waals surface area contributed by atoms with Gasteiger partial charge in [0.25, 0.3) is 5.91 Å². The molecule has 140 valence electrons. The molecule has 0 fully saturated rings. The first kappa shape index (κ1) is 19.8. The highest BCUT2D eigenvalue weighted by atomic mass is 16.5. The largest absolute Gasteiger partial charge is 0.491 e. The van der Waals surface area contributed by atoms with Gasteiger partial charge in [0.2, 0.25) is 0 Å². The topological polar surface area (TPSA) is 47.6 Å². The molecule has 2 aromatic carbocycles. The van der Waals surface area contributed by atoms with E-state index < -0.39 is 6.10 Å². The number of carbonyl (C=O) groups is 1. The lowest BCUT2D eigenvalue weighted by atomic mass is 10.0. The fraction of sp³-hybridized carbons (Fsp3) is 0.409. The molecule has 0 radical (unpaired) electrons. The second-order valence-corrected chi connectivity index (χ2v) is 6.94. The lowest BCUT2D eigenvalue weighted by Crippen LogP contribution is -2.43. The smallest absolute Gasteiger partial charge is 0.261 e. The Bertz CT molecular complexity index is 727. The number of carbonyl (C=O) groups excluding carboxylic acids is 1. The maximum Gasteiger partial charge on any atom is 0.261 e. The number of amides is 1. The fourth-order valence-corrected chi connectivity index (χ4v) is 2.64. The van der Waals surface area contributed by atoms with Crippen molar-refractivity contribution in [3.63, 3.8) is 0 Å². The molecular weight excluding hydrogens is 326 g/mol. The number of nitrogens with one attached hydrogen (secondary N) is 1. The van der Waals surface area contributed by atoms with Crippen molar-refractivity contribution in [3.05, 3.63) is 59.7 Å². The number of hydrogen-bond acceptors (Lipinski definition) is 3. The Kier molecular flexibility index (Phi) is 7.07. The van der Waals surface area contributed by atoms with Crippen molar-refractivity contribution in [1.29, 1.82) is 0 Å². The van der Waals surface area contributed by atoms with E-state index in [2.05, 4.69) is 19.2 Å². The molecule has 0 aliphatic rings. The zero-order valence-corrected chi connectivity index (χ0v) is 16.3. The summed E-state index contributed by atoms with van der Waals surface area (Å²) in [5, 5.41) is 2.95. The van der Waals surface area contributed by atoms with Crippen molar-refractivity contribution < 1.29 is 14.3 Å². The number of ether oxygens (including phenoxy) is 2. The molecule has 0 saturated carbocycles. The highest BCUT2D eigenvalue weighted by molar-refractivity contribution is 5.81. The van der Waals surface area contributed by atoms with E-state index in [0.29, 0.717) is 12.5 Å². The highest BCUT2D eigenvalue weighted by Crippen LogP contribution is 2.26. The summed E-state index contributed by atoms with van der Waals surface area (Å²) in [6.45, 7) is 10.3. The summed E-state index contributed by atoms with van der Waals surface area (Å²) in [7, 11) is 0. The molecule has 0 spiro atoms. The zero-order chi connectivity index (χ0) is 19.1. The summed E-state index contributed by atoms with van der Waals surface area (Å²) < 4.78 is 11.7. The highest BCUT2D eigenvalue weighted by Gasteiger charge is 2.19. The summed E-state index contributed by atoms with van der Waals surface area (Å²) in [5.41, 5.74) is 2.18. The van der Waals surface area contributed by atoms with Gasteiger partial charge >= 0.3 is 0 Å². The van der Waals surface area contributed by atoms with Gasteiger partial charge < -0.3 is 14.8 Å². The molecule has 0 aliphatic heterocycles. The predicted molar refractivity (Wildman–Crippen MR) is 105 cm³/mol. The first-order valence-corrected chi connectivity index (χ1v) is 9.13. The van der Waals surface area contributed by atoms with Gasteiger partial charge in [-0.25, -0.2) is 0 Å². The van der Waals surface area contributed by atoms with Crippen LogP contribution in [0.25, 0.3) is 0 Å². The Morgan fingerprint density at radius 3 is 2.23 bits per heavy atom. The van der Waals surface area contributed by atoms with E-state index in [4.69, 9.17) is 9.47 Å². The Morgan fingerprint density at radius 2 is 1.58 bits per heavy atom. The monoisotopic (exact) mass is 355 g/mol. The molecule has 0 saturated heterocycles. The summed E-state index contributed by atoms with van der Waals surface area (Å²) in [5.74, 6) is 1.78. The third kappa shape index (κ3) is 5.51. The van der Waals surface area contributed by atoms with E-state index in [1.165, 1.54) is 0 Å². The molecular formula is C22H29NO3. The van der Waals surface area contributed by atoms with Crippen LogP contribution in [-0.2, 0) is 4.79 Å². The minimum absolute atomic E-state index is 0.117. The molecule has 0 aliphatic carbocycles. The van der Waals surface area contributed by atoms with Gasteiger partial charge in [-0.3, -0.25) is 4.79 Å². The van der Waals surface area contributed by atoms with Gasteiger partial charge in [0.1, 0.15) is 18.1 Å². The lowest BCUT2D eigenvalue weighted by Gasteiger charge is -2.21. The van der Waals surface area contributed by atoms with Crippen LogP contribution in [0.3, 0.4) is 0 Å². The molecule has 4 heteroatoms. The van der Waals surface area contributed by atoms with Crippen LogP contribution in [0.2, 0.25) is 0 Å². The van der Waals surface area contributed by atoms with Crippen LogP contribution in [-0.4, -0.2) is 24.7 Å². The van der Waals surface area contributed by atoms with Crippen LogP contribution in [0.5, 0.6) is 11.5 Å². The van der Waals surface area contributed by atoms with E-state index >= 15 is 0 Å². The molecule has 0 bridgehead atoms. The van der Waals surface area contributed by atoms with Gasteiger partial charge in [0, 0.05) is 0 Å². The Balaban J connectivity index is 1.87. The maximum absolute atomic E-state index is 12.4. The number of para-hydroxylation sites is 2. The van der Waals surface area contributed by atoms with E-state index in [-0.39, 0.29) is 11.9 Å². The fourth-order valence-electron chi connectivity index (χ4n) is 2.64. The van der Waals surface area contributed by atoms with Crippen LogP contribution in [0.1, 0.15) is 44.7 Å².